The van der Waals surface area contributed by atoms with Crippen molar-refractivity contribution in [2.45, 2.75) is 25.3 Å². The van der Waals surface area contributed by atoms with Gasteiger partial charge < -0.3 is 21.5 Å². The second-order valence-electron chi connectivity index (χ2n) is 5.01. The summed E-state index contributed by atoms with van der Waals surface area (Å²) in [7, 11) is 1.59. The van der Waals surface area contributed by atoms with Crippen molar-refractivity contribution in [3.8, 4) is 0 Å². The Labute approximate surface area is 113 Å². The number of aliphatic hydroxyl groups excluding tert-OH is 1. The fraction of sp³-hybridized carbons (Fsp3) is 0.500. The van der Waals surface area contributed by atoms with E-state index in [9.17, 15) is 9.90 Å². The van der Waals surface area contributed by atoms with Crippen molar-refractivity contribution in [3.05, 3.63) is 23.8 Å². The van der Waals surface area contributed by atoms with Gasteiger partial charge in [-0.1, -0.05) is 6.42 Å². The Morgan fingerprint density at radius 1 is 1.47 bits per heavy atom. The zero-order chi connectivity index (χ0) is 13.8. The van der Waals surface area contributed by atoms with Gasteiger partial charge in [-0.2, -0.15) is 0 Å². The van der Waals surface area contributed by atoms with Crippen LogP contribution in [0.4, 0.5) is 11.4 Å². The number of nitrogens with two attached hydrogens (primary N) is 1. The number of nitrogens with one attached hydrogen (secondary N) is 2. The minimum atomic E-state index is -0.146. The summed E-state index contributed by atoms with van der Waals surface area (Å²) < 4.78 is 0. The van der Waals surface area contributed by atoms with E-state index in [1.165, 1.54) is 0 Å². The summed E-state index contributed by atoms with van der Waals surface area (Å²) in [6.45, 7) is 0.202. The zero-order valence-electron chi connectivity index (χ0n) is 11.1. The van der Waals surface area contributed by atoms with E-state index in [2.05, 4.69) is 10.6 Å². The van der Waals surface area contributed by atoms with Crippen LogP contribution in [0.1, 0.15) is 29.6 Å². The number of anilines is 2. The molecule has 1 amide bonds. The number of nitrogen functional groups attached to an aromatic ring is 1. The Bertz CT molecular complexity index is 462. The number of hydrogen-bond donors (Lipinski definition) is 4. The van der Waals surface area contributed by atoms with Crippen molar-refractivity contribution < 1.29 is 9.90 Å². The average molecular weight is 263 g/mol. The van der Waals surface area contributed by atoms with Crippen molar-refractivity contribution >= 4 is 17.3 Å². The summed E-state index contributed by atoms with van der Waals surface area (Å²) in [5.74, 6) is 0.144. The van der Waals surface area contributed by atoms with E-state index >= 15 is 0 Å². The van der Waals surface area contributed by atoms with E-state index in [1.54, 1.807) is 19.2 Å². The lowest BCUT2D eigenvalue weighted by molar-refractivity contribution is 0.0963. The quantitative estimate of drug-likeness (QED) is 0.615. The third-order valence-electron chi connectivity index (χ3n) is 3.78. The van der Waals surface area contributed by atoms with E-state index in [-0.39, 0.29) is 24.5 Å². The smallest absolute Gasteiger partial charge is 0.251 e. The normalized spacial score (nSPS) is 22.2. The first-order chi connectivity index (χ1) is 9.15. The summed E-state index contributed by atoms with van der Waals surface area (Å²) in [4.78, 5) is 11.5. The molecule has 5 heteroatoms. The minimum absolute atomic E-state index is 0.146. The molecule has 1 aliphatic carbocycles. The second kappa shape index (κ2) is 5.93. The van der Waals surface area contributed by atoms with Crippen molar-refractivity contribution in [3.63, 3.8) is 0 Å². The minimum Gasteiger partial charge on any atom is -0.397 e. The van der Waals surface area contributed by atoms with Crippen LogP contribution in [-0.2, 0) is 0 Å². The highest BCUT2D eigenvalue weighted by atomic mass is 16.3. The maximum atomic E-state index is 11.5. The van der Waals surface area contributed by atoms with Gasteiger partial charge in [0.2, 0.25) is 0 Å². The number of rotatable bonds is 4. The predicted molar refractivity (Wildman–Crippen MR) is 76.1 cm³/mol. The van der Waals surface area contributed by atoms with E-state index < -0.39 is 0 Å². The van der Waals surface area contributed by atoms with Gasteiger partial charge in [-0.15, -0.1) is 0 Å². The molecule has 0 bridgehead atoms. The number of aliphatic hydroxyl groups is 1. The first-order valence-corrected chi connectivity index (χ1v) is 6.64. The maximum absolute atomic E-state index is 11.5. The standard InChI is InChI=1S/C14H21N3O2/c1-16-14(19)9-5-6-13(11(15)7-9)17-12-4-2-3-10(12)8-18/h5-7,10,12,17-18H,2-4,8,15H2,1H3,(H,16,19). The predicted octanol–water partition coefficient (Wildman–Crippen LogP) is 1.20. The summed E-state index contributed by atoms with van der Waals surface area (Å²) in [5.41, 5.74) is 7.92. The van der Waals surface area contributed by atoms with Crippen LogP contribution in [0.15, 0.2) is 18.2 Å². The lowest BCUT2D eigenvalue weighted by Crippen LogP contribution is -2.27. The van der Waals surface area contributed by atoms with E-state index in [0.717, 1.165) is 24.9 Å². The van der Waals surface area contributed by atoms with E-state index in [1.807, 2.05) is 6.07 Å². The lowest BCUT2D eigenvalue weighted by atomic mass is 10.0. The van der Waals surface area contributed by atoms with Crippen LogP contribution in [0.25, 0.3) is 0 Å². The van der Waals surface area contributed by atoms with E-state index in [0.29, 0.717) is 11.3 Å². The number of amides is 1. The summed E-state index contributed by atoms with van der Waals surface area (Å²) in [6.07, 6.45) is 3.21. The topological polar surface area (TPSA) is 87.4 Å². The second-order valence-corrected chi connectivity index (χ2v) is 5.01. The first-order valence-electron chi connectivity index (χ1n) is 6.64. The van der Waals surface area contributed by atoms with Crippen LogP contribution in [0, 0.1) is 5.92 Å². The Balaban J connectivity index is 2.11. The van der Waals surface area contributed by atoms with Gasteiger partial charge in [0.05, 0.1) is 11.4 Å². The van der Waals surface area contributed by atoms with Crippen molar-refractivity contribution in [2.24, 2.45) is 5.92 Å². The SMILES string of the molecule is CNC(=O)c1ccc(NC2CCCC2CO)c(N)c1. The van der Waals surface area contributed by atoms with Crippen LogP contribution in [0.5, 0.6) is 0 Å². The van der Waals surface area contributed by atoms with Gasteiger partial charge >= 0.3 is 0 Å². The van der Waals surface area contributed by atoms with Crippen LogP contribution in [-0.4, -0.2) is 30.7 Å². The average Bonchev–Trinajstić information content (AvgIpc) is 2.87. The highest BCUT2D eigenvalue weighted by Crippen LogP contribution is 2.30. The third-order valence-corrected chi connectivity index (χ3v) is 3.78. The molecule has 1 aromatic rings. The Kier molecular flexibility index (Phi) is 4.27. The highest BCUT2D eigenvalue weighted by molar-refractivity contribution is 5.95. The van der Waals surface area contributed by atoms with Gasteiger partial charge in [0.25, 0.3) is 5.91 Å². The molecular weight excluding hydrogens is 242 g/mol. The van der Waals surface area contributed by atoms with E-state index in [4.69, 9.17) is 5.73 Å². The molecule has 0 heterocycles. The lowest BCUT2D eigenvalue weighted by Gasteiger charge is -2.21. The summed E-state index contributed by atoms with van der Waals surface area (Å²) >= 11 is 0. The fourth-order valence-electron chi connectivity index (χ4n) is 2.62. The zero-order valence-corrected chi connectivity index (χ0v) is 11.1. The highest BCUT2D eigenvalue weighted by Gasteiger charge is 2.26. The monoisotopic (exact) mass is 263 g/mol. The van der Waals surface area contributed by atoms with Crippen molar-refractivity contribution in [1.29, 1.82) is 0 Å². The molecule has 0 radical (unpaired) electrons. The molecule has 0 aromatic heterocycles. The number of carbonyl (C=O) groups excluding carboxylic acids is 1. The molecule has 2 unspecified atom stereocenters. The summed E-state index contributed by atoms with van der Waals surface area (Å²) in [5, 5.41) is 15.3. The molecule has 1 aliphatic rings. The Morgan fingerprint density at radius 2 is 2.26 bits per heavy atom. The van der Waals surface area contributed by atoms with Gasteiger partial charge in [-0.25, -0.2) is 0 Å². The molecule has 19 heavy (non-hydrogen) atoms. The molecule has 2 atom stereocenters. The van der Waals surface area contributed by atoms with Gasteiger partial charge in [-0.3, -0.25) is 4.79 Å². The van der Waals surface area contributed by atoms with Gasteiger partial charge in [0.15, 0.2) is 0 Å². The Morgan fingerprint density at radius 3 is 2.89 bits per heavy atom. The van der Waals surface area contributed by atoms with Crippen LogP contribution in [0.2, 0.25) is 0 Å². The molecule has 0 spiro atoms. The van der Waals surface area contributed by atoms with Gasteiger partial charge in [-0.05, 0) is 31.0 Å². The molecule has 5 N–H and O–H groups in total. The van der Waals surface area contributed by atoms with Crippen LogP contribution in [0.3, 0.4) is 0 Å². The van der Waals surface area contributed by atoms with Crippen LogP contribution < -0.4 is 16.4 Å². The first kappa shape index (κ1) is 13.7. The van der Waals surface area contributed by atoms with Gasteiger partial charge in [0, 0.05) is 31.2 Å². The van der Waals surface area contributed by atoms with Gasteiger partial charge in [0.1, 0.15) is 0 Å². The molecule has 104 valence electrons. The molecule has 0 saturated heterocycles. The molecule has 5 nitrogen and oxygen atoms in total. The molecule has 1 aromatic carbocycles. The number of benzene rings is 1. The molecule has 1 fully saturated rings. The molecule has 1 saturated carbocycles. The molecule has 2 rings (SSSR count). The number of hydrogen-bond acceptors (Lipinski definition) is 4. The third kappa shape index (κ3) is 2.98. The van der Waals surface area contributed by atoms with Crippen molar-refractivity contribution in [1.82, 2.24) is 5.32 Å². The molecular formula is C14H21N3O2. The number of carbonyl (C=O) groups is 1. The fourth-order valence-corrected chi connectivity index (χ4v) is 2.62. The summed E-state index contributed by atoms with van der Waals surface area (Å²) in [6, 6.07) is 5.51. The van der Waals surface area contributed by atoms with Crippen LogP contribution >= 0.6 is 0 Å². The molecule has 0 aliphatic heterocycles. The largest absolute Gasteiger partial charge is 0.397 e. The van der Waals surface area contributed by atoms with Crippen molar-refractivity contribution in [2.75, 3.05) is 24.7 Å². The Hall–Kier alpha value is -1.75. The maximum Gasteiger partial charge on any atom is 0.251 e.